The summed E-state index contributed by atoms with van der Waals surface area (Å²) in [6.45, 7) is 13.1. The Morgan fingerprint density at radius 2 is 1.64 bits per heavy atom. The molecule has 0 aromatic heterocycles. The Bertz CT molecular complexity index is 488. The van der Waals surface area contributed by atoms with Gasteiger partial charge in [0.25, 0.3) is 0 Å². The summed E-state index contributed by atoms with van der Waals surface area (Å²) in [5.41, 5.74) is 5.46. The van der Waals surface area contributed by atoms with E-state index in [0.29, 0.717) is 0 Å². The minimum absolute atomic E-state index is 0.0632. The van der Waals surface area contributed by atoms with Gasteiger partial charge in [-0.25, -0.2) is 0 Å². The summed E-state index contributed by atoms with van der Waals surface area (Å²) >= 11 is 1.68. The molecular formula is C19H32N2S. The van der Waals surface area contributed by atoms with Crippen LogP contribution in [-0.2, 0) is 19.3 Å². The topological polar surface area (TPSA) is 24.4 Å². The zero-order valence-electron chi connectivity index (χ0n) is 15.3. The molecule has 0 saturated carbocycles. The predicted octanol–water partition coefficient (Wildman–Crippen LogP) is 5.69. The first-order valence-corrected chi connectivity index (χ1v) is 9.62. The Kier molecular flexibility index (Phi) is 7.47. The van der Waals surface area contributed by atoms with Gasteiger partial charge in [-0.2, -0.15) is 0 Å². The molecule has 0 atom stereocenters. The van der Waals surface area contributed by atoms with Crippen molar-refractivity contribution in [2.24, 2.45) is 4.99 Å². The number of benzene rings is 1. The fourth-order valence-electron chi connectivity index (χ4n) is 2.53. The van der Waals surface area contributed by atoms with Crippen molar-refractivity contribution in [3.05, 3.63) is 28.8 Å². The first kappa shape index (κ1) is 19.1. The quantitative estimate of drug-likeness (QED) is 0.556. The van der Waals surface area contributed by atoms with Gasteiger partial charge in [0.1, 0.15) is 0 Å². The molecule has 0 aliphatic carbocycles. The van der Waals surface area contributed by atoms with E-state index < -0.39 is 0 Å². The molecular weight excluding hydrogens is 288 g/mol. The smallest absolute Gasteiger partial charge is 0.161 e. The molecule has 0 radical (unpaired) electrons. The number of aliphatic imine (C=N–C) groups is 1. The lowest BCUT2D eigenvalue weighted by atomic mass is 9.97. The second-order valence-corrected chi connectivity index (χ2v) is 7.46. The van der Waals surface area contributed by atoms with E-state index in [-0.39, 0.29) is 5.54 Å². The van der Waals surface area contributed by atoms with E-state index in [9.17, 15) is 0 Å². The van der Waals surface area contributed by atoms with Crippen molar-refractivity contribution in [1.29, 1.82) is 0 Å². The SMILES string of the molecule is CCCc1cc(CC)c(NC(=NC(C)(C)C)SC)c(CC)c1. The number of thioether (sulfide) groups is 1. The van der Waals surface area contributed by atoms with Crippen LogP contribution in [0.5, 0.6) is 0 Å². The van der Waals surface area contributed by atoms with Gasteiger partial charge < -0.3 is 5.32 Å². The zero-order valence-corrected chi connectivity index (χ0v) is 16.2. The third-order valence-corrected chi connectivity index (χ3v) is 4.10. The third kappa shape index (κ3) is 5.68. The van der Waals surface area contributed by atoms with Crippen LogP contribution >= 0.6 is 11.8 Å². The molecule has 0 unspecified atom stereocenters. The highest BCUT2D eigenvalue weighted by atomic mass is 32.2. The summed E-state index contributed by atoms with van der Waals surface area (Å²) in [4.78, 5) is 4.80. The van der Waals surface area contributed by atoms with Crippen LogP contribution in [0.1, 0.15) is 64.7 Å². The first-order chi connectivity index (χ1) is 10.3. The number of amidine groups is 1. The first-order valence-electron chi connectivity index (χ1n) is 8.40. The lowest BCUT2D eigenvalue weighted by Gasteiger charge is -2.20. The number of hydrogen-bond acceptors (Lipinski definition) is 2. The maximum atomic E-state index is 4.80. The molecule has 0 heterocycles. The van der Waals surface area contributed by atoms with E-state index in [4.69, 9.17) is 4.99 Å². The van der Waals surface area contributed by atoms with E-state index in [1.807, 2.05) is 0 Å². The largest absolute Gasteiger partial charge is 0.335 e. The standard InChI is InChI=1S/C19H32N2S/c1-8-11-14-12-15(9-2)17(16(10-3)13-14)20-18(22-7)21-19(4,5)6/h12-13H,8-11H2,1-7H3,(H,20,21). The Balaban J connectivity index is 3.24. The molecule has 1 rings (SSSR count). The number of hydrogen-bond donors (Lipinski definition) is 1. The van der Waals surface area contributed by atoms with Gasteiger partial charge >= 0.3 is 0 Å². The van der Waals surface area contributed by atoms with Gasteiger partial charge in [0.15, 0.2) is 5.17 Å². The van der Waals surface area contributed by atoms with Crippen LogP contribution < -0.4 is 5.32 Å². The predicted molar refractivity (Wildman–Crippen MR) is 104 cm³/mol. The average molecular weight is 321 g/mol. The summed E-state index contributed by atoms with van der Waals surface area (Å²) in [6.07, 6.45) is 6.53. The molecule has 3 heteroatoms. The lowest BCUT2D eigenvalue weighted by Crippen LogP contribution is -2.19. The van der Waals surface area contributed by atoms with Gasteiger partial charge in [0.2, 0.25) is 0 Å². The molecule has 0 spiro atoms. The van der Waals surface area contributed by atoms with Gasteiger partial charge in [-0.3, -0.25) is 4.99 Å². The van der Waals surface area contributed by atoms with Gasteiger partial charge in [-0.05, 0) is 63.0 Å². The second-order valence-electron chi connectivity index (χ2n) is 6.66. The van der Waals surface area contributed by atoms with E-state index >= 15 is 0 Å². The molecule has 0 bridgehead atoms. The molecule has 1 N–H and O–H groups in total. The maximum absolute atomic E-state index is 4.80. The molecule has 0 amide bonds. The van der Waals surface area contributed by atoms with Crippen LogP contribution in [0.3, 0.4) is 0 Å². The van der Waals surface area contributed by atoms with Crippen LogP contribution in [0.2, 0.25) is 0 Å². The van der Waals surface area contributed by atoms with Crippen LogP contribution in [0, 0.1) is 0 Å². The van der Waals surface area contributed by atoms with E-state index in [0.717, 1.165) is 24.4 Å². The second kappa shape index (κ2) is 8.61. The molecule has 1 aromatic rings. The normalized spacial score (nSPS) is 12.6. The van der Waals surface area contributed by atoms with E-state index in [1.54, 1.807) is 11.8 Å². The van der Waals surface area contributed by atoms with Gasteiger partial charge in [-0.15, -0.1) is 0 Å². The van der Waals surface area contributed by atoms with Crippen LogP contribution in [0.4, 0.5) is 5.69 Å². The molecule has 0 fully saturated rings. The molecule has 0 aliphatic heterocycles. The van der Waals surface area contributed by atoms with E-state index in [2.05, 4.69) is 65.2 Å². The number of rotatable bonds is 5. The monoisotopic (exact) mass is 320 g/mol. The molecule has 0 saturated heterocycles. The number of nitrogens with one attached hydrogen (secondary N) is 1. The van der Waals surface area contributed by atoms with Crippen LogP contribution in [-0.4, -0.2) is 17.0 Å². The van der Waals surface area contributed by atoms with Crippen LogP contribution in [0.25, 0.3) is 0 Å². The lowest BCUT2D eigenvalue weighted by molar-refractivity contribution is 0.585. The Morgan fingerprint density at radius 3 is 2.00 bits per heavy atom. The van der Waals surface area contributed by atoms with Gasteiger partial charge in [-0.1, -0.05) is 51.1 Å². The highest BCUT2D eigenvalue weighted by Gasteiger charge is 2.14. The Hall–Kier alpha value is -0.960. The van der Waals surface area contributed by atoms with Crippen LogP contribution in [0.15, 0.2) is 17.1 Å². The molecule has 1 aromatic carbocycles. The summed E-state index contributed by atoms with van der Waals surface area (Å²) in [5.74, 6) is 0. The summed E-state index contributed by atoms with van der Waals surface area (Å²) in [5, 5.41) is 4.61. The average Bonchev–Trinajstić information content (AvgIpc) is 2.46. The minimum Gasteiger partial charge on any atom is -0.335 e. The van der Waals surface area contributed by atoms with Crippen molar-refractivity contribution < 1.29 is 0 Å². The zero-order chi connectivity index (χ0) is 16.8. The fraction of sp³-hybridized carbons (Fsp3) is 0.632. The number of aryl methyl sites for hydroxylation is 3. The van der Waals surface area contributed by atoms with Crippen molar-refractivity contribution in [3.63, 3.8) is 0 Å². The van der Waals surface area contributed by atoms with Crippen molar-refractivity contribution in [2.45, 2.75) is 72.8 Å². The highest BCUT2D eigenvalue weighted by Crippen LogP contribution is 2.27. The van der Waals surface area contributed by atoms with Gasteiger partial charge in [0.05, 0.1) is 5.54 Å². The Morgan fingerprint density at radius 1 is 1.09 bits per heavy atom. The molecule has 0 aliphatic rings. The summed E-state index contributed by atoms with van der Waals surface area (Å²) < 4.78 is 0. The van der Waals surface area contributed by atoms with Crippen molar-refractivity contribution in [1.82, 2.24) is 0 Å². The minimum atomic E-state index is -0.0632. The molecule has 22 heavy (non-hydrogen) atoms. The third-order valence-electron chi connectivity index (χ3n) is 3.52. The number of anilines is 1. The van der Waals surface area contributed by atoms with E-state index in [1.165, 1.54) is 28.8 Å². The number of nitrogens with zero attached hydrogens (tertiary/aromatic N) is 1. The van der Waals surface area contributed by atoms with Crippen molar-refractivity contribution in [2.75, 3.05) is 11.6 Å². The fourth-order valence-corrected chi connectivity index (χ4v) is 3.10. The summed E-state index contributed by atoms with van der Waals surface area (Å²) in [7, 11) is 0. The molecule has 2 nitrogen and oxygen atoms in total. The summed E-state index contributed by atoms with van der Waals surface area (Å²) in [6, 6.07) is 4.72. The highest BCUT2D eigenvalue weighted by molar-refractivity contribution is 8.13. The molecule has 124 valence electrons. The van der Waals surface area contributed by atoms with Gasteiger partial charge in [0, 0.05) is 5.69 Å². The van der Waals surface area contributed by atoms with Crippen molar-refractivity contribution >= 4 is 22.6 Å². The maximum Gasteiger partial charge on any atom is 0.161 e. The Labute approximate surface area is 141 Å². The van der Waals surface area contributed by atoms with Crippen molar-refractivity contribution in [3.8, 4) is 0 Å².